The quantitative estimate of drug-likeness (QED) is 0.634. The Balaban J connectivity index is 2.65. The molecule has 6 heteroatoms. The lowest BCUT2D eigenvalue weighted by atomic mass is 10.1. The number of anilines is 1. The maximum absolute atomic E-state index is 11.0. The van der Waals surface area contributed by atoms with Crippen LogP contribution in [0, 0.1) is 17.0 Å². The molecule has 1 aromatic heterocycles. The summed E-state index contributed by atoms with van der Waals surface area (Å²) >= 11 is 0. The number of non-ortho nitro benzene ring substituents is 1. The predicted octanol–water partition coefficient (Wildman–Crippen LogP) is 1.82. The van der Waals surface area contributed by atoms with E-state index >= 15 is 0 Å². The van der Waals surface area contributed by atoms with E-state index in [1.807, 2.05) is 13.0 Å². The number of aryl methyl sites for hydroxylation is 1. The van der Waals surface area contributed by atoms with Crippen molar-refractivity contribution >= 4 is 22.3 Å². The lowest BCUT2D eigenvalue weighted by Crippen LogP contribution is -2.14. The first-order valence-corrected chi connectivity index (χ1v) is 5.61. The first-order chi connectivity index (χ1) is 8.63. The minimum Gasteiger partial charge on any atom is -0.368 e. The highest BCUT2D eigenvalue weighted by molar-refractivity contribution is 5.98. The second-order valence-electron chi connectivity index (χ2n) is 4.01. The van der Waals surface area contributed by atoms with Crippen LogP contribution in [0.2, 0.25) is 0 Å². The first kappa shape index (κ1) is 12.3. The summed E-state index contributed by atoms with van der Waals surface area (Å²) in [4.78, 5) is 14.9. The number of nitro benzene ring substituents is 1. The zero-order chi connectivity index (χ0) is 13.1. The number of hydrogen-bond acceptors (Lipinski definition) is 5. The Morgan fingerprint density at radius 2 is 2.22 bits per heavy atom. The number of benzene rings is 1. The molecule has 18 heavy (non-hydrogen) atoms. The Labute approximate surface area is 104 Å². The van der Waals surface area contributed by atoms with Gasteiger partial charge in [-0.15, -0.1) is 0 Å². The van der Waals surface area contributed by atoms with Crippen molar-refractivity contribution in [3.8, 4) is 0 Å². The summed E-state index contributed by atoms with van der Waals surface area (Å²) < 4.78 is 0. The van der Waals surface area contributed by atoms with E-state index < -0.39 is 0 Å². The molecule has 0 fully saturated rings. The minimum absolute atomic E-state index is 0.100. The Kier molecular flexibility index (Phi) is 3.38. The molecule has 0 unspecified atom stereocenters. The van der Waals surface area contributed by atoms with Crippen LogP contribution in [0.5, 0.6) is 0 Å². The van der Waals surface area contributed by atoms with Gasteiger partial charge < -0.3 is 11.1 Å². The van der Waals surface area contributed by atoms with Gasteiger partial charge in [-0.05, 0) is 24.6 Å². The molecule has 0 bridgehead atoms. The molecule has 3 N–H and O–H groups in total. The lowest BCUT2D eigenvalue weighted by molar-refractivity contribution is -0.383. The van der Waals surface area contributed by atoms with Crippen LogP contribution >= 0.6 is 0 Å². The molecule has 0 saturated heterocycles. The third kappa shape index (κ3) is 2.23. The van der Waals surface area contributed by atoms with Crippen LogP contribution in [0.3, 0.4) is 0 Å². The first-order valence-electron chi connectivity index (χ1n) is 5.61. The molecule has 0 saturated carbocycles. The lowest BCUT2D eigenvalue weighted by Gasteiger charge is -2.08. The minimum atomic E-state index is -0.373. The summed E-state index contributed by atoms with van der Waals surface area (Å²) in [6.45, 7) is 2.88. The van der Waals surface area contributed by atoms with Crippen LogP contribution < -0.4 is 11.1 Å². The Morgan fingerprint density at radius 1 is 1.44 bits per heavy atom. The summed E-state index contributed by atoms with van der Waals surface area (Å²) in [5.41, 5.74) is 6.36. The van der Waals surface area contributed by atoms with Crippen molar-refractivity contribution in [2.75, 3.05) is 18.4 Å². The standard InChI is InChI=1S/C12H14N4O2/c1-8-6-10-9(11(7-8)16(17)18)2-4-14-12(10)15-5-3-13/h2,4,6-7H,3,5,13H2,1H3,(H,14,15). The fraction of sp³-hybridized carbons (Fsp3) is 0.250. The molecule has 2 rings (SSSR count). The summed E-state index contributed by atoms with van der Waals surface area (Å²) in [6.07, 6.45) is 1.56. The number of nitrogens with one attached hydrogen (secondary N) is 1. The molecule has 6 nitrogen and oxygen atoms in total. The second-order valence-corrected chi connectivity index (χ2v) is 4.01. The van der Waals surface area contributed by atoms with E-state index in [1.165, 1.54) is 0 Å². The predicted molar refractivity (Wildman–Crippen MR) is 70.7 cm³/mol. The molecule has 2 aromatic rings. The Morgan fingerprint density at radius 3 is 2.89 bits per heavy atom. The molecule has 0 amide bonds. The average Bonchev–Trinajstić information content (AvgIpc) is 2.35. The van der Waals surface area contributed by atoms with Crippen LogP contribution in [0.25, 0.3) is 10.8 Å². The van der Waals surface area contributed by atoms with Gasteiger partial charge in [0, 0.05) is 30.7 Å². The molecule has 0 atom stereocenters. The molecule has 94 valence electrons. The van der Waals surface area contributed by atoms with E-state index in [4.69, 9.17) is 5.73 Å². The third-order valence-electron chi connectivity index (χ3n) is 2.64. The highest BCUT2D eigenvalue weighted by Gasteiger charge is 2.14. The Hall–Kier alpha value is -2.21. The topological polar surface area (TPSA) is 94.1 Å². The van der Waals surface area contributed by atoms with Crippen molar-refractivity contribution in [2.24, 2.45) is 5.73 Å². The average molecular weight is 246 g/mol. The van der Waals surface area contributed by atoms with Gasteiger partial charge in [0.25, 0.3) is 5.69 Å². The van der Waals surface area contributed by atoms with Crippen molar-refractivity contribution in [2.45, 2.75) is 6.92 Å². The molecular weight excluding hydrogens is 232 g/mol. The maximum atomic E-state index is 11.0. The normalized spacial score (nSPS) is 10.6. The van der Waals surface area contributed by atoms with Crippen LogP contribution in [0.15, 0.2) is 24.4 Å². The van der Waals surface area contributed by atoms with Gasteiger partial charge in [0.05, 0.1) is 10.3 Å². The number of nitrogens with two attached hydrogens (primary N) is 1. The summed E-state index contributed by atoms with van der Waals surface area (Å²) in [5.74, 6) is 0.629. The smallest absolute Gasteiger partial charge is 0.277 e. The molecule has 0 aliphatic heterocycles. The number of nitro groups is 1. The van der Waals surface area contributed by atoms with Gasteiger partial charge in [-0.2, -0.15) is 0 Å². The van der Waals surface area contributed by atoms with E-state index in [-0.39, 0.29) is 10.6 Å². The highest BCUT2D eigenvalue weighted by Crippen LogP contribution is 2.30. The zero-order valence-corrected chi connectivity index (χ0v) is 10.0. The van der Waals surface area contributed by atoms with Gasteiger partial charge in [-0.1, -0.05) is 0 Å². The molecule has 1 heterocycles. The van der Waals surface area contributed by atoms with Crippen LogP contribution in [-0.2, 0) is 0 Å². The number of rotatable bonds is 4. The fourth-order valence-electron chi connectivity index (χ4n) is 1.89. The van der Waals surface area contributed by atoms with Gasteiger partial charge in [0.2, 0.25) is 0 Å². The largest absolute Gasteiger partial charge is 0.368 e. The Bertz CT molecular complexity index is 598. The molecule has 0 aliphatic rings. The molecule has 1 aromatic carbocycles. The van der Waals surface area contributed by atoms with Crippen LogP contribution in [0.1, 0.15) is 5.56 Å². The van der Waals surface area contributed by atoms with Crippen LogP contribution in [-0.4, -0.2) is 23.0 Å². The third-order valence-corrected chi connectivity index (χ3v) is 2.64. The fourth-order valence-corrected chi connectivity index (χ4v) is 1.89. The number of aromatic nitrogens is 1. The van der Waals surface area contributed by atoms with Crippen molar-refractivity contribution in [3.63, 3.8) is 0 Å². The van der Waals surface area contributed by atoms with E-state index in [1.54, 1.807) is 18.3 Å². The molecule has 0 spiro atoms. The number of nitrogens with zero attached hydrogens (tertiary/aromatic N) is 2. The SMILES string of the molecule is Cc1cc([N+](=O)[O-])c2ccnc(NCCN)c2c1. The van der Waals surface area contributed by atoms with E-state index in [0.29, 0.717) is 24.3 Å². The van der Waals surface area contributed by atoms with E-state index in [0.717, 1.165) is 10.9 Å². The summed E-state index contributed by atoms with van der Waals surface area (Å²) in [7, 11) is 0. The summed E-state index contributed by atoms with van der Waals surface area (Å²) in [5, 5.41) is 15.4. The molecular formula is C12H14N4O2. The summed E-state index contributed by atoms with van der Waals surface area (Å²) in [6, 6.07) is 5.10. The van der Waals surface area contributed by atoms with Crippen molar-refractivity contribution in [1.82, 2.24) is 4.98 Å². The number of hydrogen-bond donors (Lipinski definition) is 2. The van der Waals surface area contributed by atoms with Gasteiger partial charge in [0.1, 0.15) is 5.82 Å². The van der Waals surface area contributed by atoms with Gasteiger partial charge in [-0.25, -0.2) is 4.98 Å². The van der Waals surface area contributed by atoms with E-state index in [9.17, 15) is 10.1 Å². The molecule has 0 radical (unpaired) electrons. The van der Waals surface area contributed by atoms with Crippen molar-refractivity contribution in [1.29, 1.82) is 0 Å². The zero-order valence-electron chi connectivity index (χ0n) is 10.0. The van der Waals surface area contributed by atoms with Gasteiger partial charge >= 0.3 is 0 Å². The van der Waals surface area contributed by atoms with Crippen LogP contribution in [0.4, 0.5) is 11.5 Å². The van der Waals surface area contributed by atoms with E-state index in [2.05, 4.69) is 10.3 Å². The number of fused-ring (bicyclic) bond motifs is 1. The van der Waals surface area contributed by atoms with Gasteiger partial charge in [-0.3, -0.25) is 10.1 Å². The second kappa shape index (κ2) is 4.97. The monoisotopic (exact) mass is 246 g/mol. The van der Waals surface area contributed by atoms with Crippen molar-refractivity contribution in [3.05, 3.63) is 40.1 Å². The number of pyridine rings is 1. The highest BCUT2D eigenvalue weighted by atomic mass is 16.6. The molecule has 0 aliphatic carbocycles. The van der Waals surface area contributed by atoms with Gasteiger partial charge in [0.15, 0.2) is 0 Å². The maximum Gasteiger partial charge on any atom is 0.277 e. The van der Waals surface area contributed by atoms with Crippen molar-refractivity contribution < 1.29 is 4.92 Å².